The number of rotatable bonds is 4. The Kier molecular flexibility index (Phi) is 4.91. The number of hydrazine groups is 1. The maximum Gasteiger partial charge on any atom is 0.250 e. The molecule has 8 nitrogen and oxygen atoms in total. The van der Waals surface area contributed by atoms with Gasteiger partial charge in [0, 0.05) is 11.4 Å². The van der Waals surface area contributed by atoms with Gasteiger partial charge >= 0.3 is 0 Å². The number of nitrogens with zero attached hydrogens (tertiary/aromatic N) is 3. The second-order valence-corrected chi connectivity index (χ2v) is 7.22. The van der Waals surface area contributed by atoms with E-state index in [1.807, 2.05) is 38.1 Å². The van der Waals surface area contributed by atoms with Crippen LogP contribution in [0.4, 0.5) is 5.95 Å². The molecule has 3 unspecified atom stereocenters. The van der Waals surface area contributed by atoms with Gasteiger partial charge in [0.25, 0.3) is 5.91 Å². The van der Waals surface area contributed by atoms with Crippen molar-refractivity contribution in [1.29, 1.82) is 0 Å². The van der Waals surface area contributed by atoms with Crippen LogP contribution < -0.4 is 25.2 Å². The third kappa shape index (κ3) is 3.18. The second kappa shape index (κ2) is 7.37. The Morgan fingerprint density at radius 1 is 1.07 bits per heavy atom. The summed E-state index contributed by atoms with van der Waals surface area (Å²) in [5, 5.41) is 4.89. The number of benzene rings is 1. The summed E-state index contributed by atoms with van der Waals surface area (Å²) >= 11 is 0. The zero-order chi connectivity index (χ0) is 19.8. The quantitative estimate of drug-likeness (QED) is 0.830. The van der Waals surface area contributed by atoms with Crippen molar-refractivity contribution in [2.45, 2.75) is 32.4 Å². The first-order valence-electron chi connectivity index (χ1n) is 9.39. The van der Waals surface area contributed by atoms with Gasteiger partial charge < -0.3 is 9.47 Å². The molecule has 3 atom stereocenters. The normalized spacial score (nSPS) is 24.2. The third-order valence-electron chi connectivity index (χ3n) is 5.39. The van der Waals surface area contributed by atoms with Gasteiger partial charge in [-0.3, -0.25) is 10.1 Å². The number of anilines is 1. The number of aryl methyl sites for hydroxylation is 2. The molecule has 1 aromatic heterocycles. The zero-order valence-electron chi connectivity index (χ0n) is 16.5. The van der Waals surface area contributed by atoms with E-state index in [1.165, 1.54) is 5.01 Å². The number of amides is 1. The average Bonchev–Trinajstić information content (AvgIpc) is 3.03. The molecule has 148 valence electrons. The number of hydrogen-bond acceptors (Lipinski definition) is 7. The number of hydrogen-bond donors (Lipinski definition) is 2. The average molecular weight is 383 g/mol. The lowest BCUT2D eigenvalue weighted by Gasteiger charge is -2.32. The molecule has 8 heteroatoms. The number of nitrogens with one attached hydrogen (secondary N) is 2. The minimum absolute atomic E-state index is 0.0259. The summed E-state index contributed by atoms with van der Waals surface area (Å²) in [7, 11) is 3.23. The summed E-state index contributed by atoms with van der Waals surface area (Å²) in [6.45, 7) is 4.61. The van der Waals surface area contributed by atoms with E-state index in [0.717, 1.165) is 29.9 Å². The van der Waals surface area contributed by atoms with Crippen LogP contribution in [0.15, 0.2) is 24.3 Å². The molecule has 2 aromatic rings. The van der Waals surface area contributed by atoms with Gasteiger partial charge in [-0.1, -0.05) is 6.07 Å². The first kappa shape index (κ1) is 18.6. The van der Waals surface area contributed by atoms with Crippen molar-refractivity contribution in [2.75, 3.05) is 25.8 Å². The number of aromatic nitrogens is 2. The fraction of sp³-hybridized carbons (Fsp3) is 0.450. The third-order valence-corrected chi connectivity index (χ3v) is 5.39. The summed E-state index contributed by atoms with van der Waals surface area (Å²) in [6.07, 6.45) is 0.690. The zero-order valence-corrected chi connectivity index (χ0v) is 16.5. The fourth-order valence-corrected chi connectivity index (χ4v) is 4.15. The fourth-order valence-electron chi connectivity index (χ4n) is 4.15. The van der Waals surface area contributed by atoms with Crippen LogP contribution in [-0.4, -0.2) is 42.8 Å². The molecule has 3 heterocycles. The highest BCUT2D eigenvalue weighted by Crippen LogP contribution is 2.40. The predicted molar refractivity (Wildman–Crippen MR) is 104 cm³/mol. The minimum atomic E-state index is -0.253. The minimum Gasteiger partial charge on any atom is -0.493 e. The molecule has 2 N–H and O–H groups in total. The van der Waals surface area contributed by atoms with Crippen molar-refractivity contribution >= 4 is 11.9 Å². The second-order valence-electron chi connectivity index (χ2n) is 7.22. The first-order valence-corrected chi connectivity index (χ1v) is 9.39. The van der Waals surface area contributed by atoms with E-state index < -0.39 is 0 Å². The van der Waals surface area contributed by atoms with Crippen LogP contribution in [0.3, 0.4) is 0 Å². The lowest BCUT2D eigenvalue weighted by molar-refractivity contribution is -0.121. The molecule has 2 aliphatic rings. The molecule has 2 fully saturated rings. The van der Waals surface area contributed by atoms with E-state index in [0.29, 0.717) is 17.4 Å². The Labute approximate surface area is 164 Å². The van der Waals surface area contributed by atoms with Crippen molar-refractivity contribution in [3.8, 4) is 11.5 Å². The first-order chi connectivity index (χ1) is 13.5. The van der Waals surface area contributed by atoms with Gasteiger partial charge in [0.1, 0.15) is 0 Å². The van der Waals surface area contributed by atoms with E-state index in [2.05, 4.69) is 20.7 Å². The van der Waals surface area contributed by atoms with Crippen LogP contribution in [0, 0.1) is 19.8 Å². The van der Waals surface area contributed by atoms with E-state index >= 15 is 0 Å². The Bertz CT molecular complexity index is 883. The topological polar surface area (TPSA) is 88.6 Å². The Morgan fingerprint density at radius 2 is 1.79 bits per heavy atom. The highest BCUT2D eigenvalue weighted by Gasteiger charge is 2.48. The monoisotopic (exact) mass is 383 g/mol. The molecule has 0 radical (unpaired) electrons. The molecule has 2 aliphatic heterocycles. The molecule has 0 saturated carbocycles. The number of methoxy groups -OCH3 is 2. The molecule has 1 aromatic carbocycles. The summed E-state index contributed by atoms with van der Waals surface area (Å²) in [4.78, 5) is 22.2. The van der Waals surface area contributed by atoms with Gasteiger partial charge in [-0.2, -0.15) is 0 Å². The molecule has 4 rings (SSSR count). The van der Waals surface area contributed by atoms with E-state index in [4.69, 9.17) is 9.47 Å². The number of carbonyl (C=O) groups excluding carboxylic acids is 1. The van der Waals surface area contributed by atoms with Crippen LogP contribution in [0.5, 0.6) is 11.5 Å². The Morgan fingerprint density at radius 3 is 2.46 bits per heavy atom. The van der Waals surface area contributed by atoms with Crippen LogP contribution in [0.25, 0.3) is 0 Å². The maximum absolute atomic E-state index is 13.3. The van der Waals surface area contributed by atoms with E-state index in [1.54, 1.807) is 14.2 Å². The van der Waals surface area contributed by atoms with Crippen LogP contribution in [-0.2, 0) is 4.79 Å². The molecular weight excluding hydrogens is 358 g/mol. The van der Waals surface area contributed by atoms with Gasteiger partial charge in [0.15, 0.2) is 11.5 Å². The summed E-state index contributed by atoms with van der Waals surface area (Å²) in [5.41, 5.74) is 5.98. The van der Waals surface area contributed by atoms with Gasteiger partial charge in [0.05, 0.1) is 26.3 Å². The Hall–Kier alpha value is -2.71. The van der Waals surface area contributed by atoms with Crippen molar-refractivity contribution in [1.82, 2.24) is 20.7 Å². The van der Waals surface area contributed by atoms with Gasteiger partial charge in [0.2, 0.25) is 5.95 Å². The van der Waals surface area contributed by atoms with Crippen molar-refractivity contribution in [3.05, 3.63) is 41.2 Å². The van der Waals surface area contributed by atoms with Gasteiger partial charge in [-0.05, 0) is 56.5 Å². The number of fused-ring (bicyclic) bond motifs is 1. The smallest absolute Gasteiger partial charge is 0.250 e. The SMILES string of the molecule is COc1ccc(C2CCNC3NN(c4nc(C)cc(C)n4)C(=O)C32)cc1OC. The highest BCUT2D eigenvalue weighted by molar-refractivity contribution is 5.96. The van der Waals surface area contributed by atoms with E-state index in [9.17, 15) is 4.79 Å². The van der Waals surface area contributed by atoms with Crippen LogP contribution in [0.1, 0.15) is 29.3 Å². The Balaban J connectivity index is 1.66. The van der Waals surface area contributed by atoms with Crippen molar-refractivity contribution in [3.63, 3.8) is 0 Å². The lowest BCUT2D eigenvalue weighted by Crippen LogP contribution is -2.50. The summed E-state index contributed by atoms with van der Waals surface area (Å²) < 4.78 is 10.8. The molecule has 2 saturated heterocycles. The van der Waals surface area contributed by atoms with Crippen LogP contribution >= 0.6 is 0 Å². The van der Waals surface area contributed by atoms with Gasteiger partial charge in [-0.15, -0.1) is 0 Å². The summed E-state index contributed by atoms with van der Waals surface area (Å²) in [6, 6.07) is 7.76. The van der Waals surface area contributed by atoms with Crippen LogP contribution in [0.2, 0.25) is 0 Å². The molecule has 0 spiro atoms. The number of piperidine rings is 1. The molecule has 0 bridgehead atoms. The summed E-state index contributed by atoms with van der Waals surface area (Å²) in [5.74, 6) is 1.52. The number of ether oxygens (including phenoxy) is 2. The molecule has 0 aliphatic carbocycles. The molecule has 28 heavy (non-hydrogen) atoms. The maximum atomic E-state index is 13.3. The lowest BCUT2D eigenvalue weighted by atomic mass is 9.79. The highest BCUT2D eigenvalue weighted by atomic mass is 16.5. The molecule has 1 amide bonds. The van der Waals surface area contributed by atoms with Gasteiger partial charge in [-0.25, -0.2) is 20.4 Å². The molecular formula is C20H25N5O3. The predicted octanol–water partition coefficient (Wildman–Crippen LogP) is 1.68. The standard InChI is InChI=1S/C20H25N5O3/c1-11-9-12(2)23-20(22-11)25-19(26)17-14(7-8-21-18(17)24-25)13-5-6-15(27-3)16(10-13)28-4/h5-6,9-10,14,17-18,21,24H,7-8H2,1-4H3. The van der Waals surface area contributed by atoms with E-state index in [-0.39, 0.29) is 23.9 Å². The van der Waals surface area contributed by atoms with Crippen molar-refractivity contribution < 1.29 is 14.3 Å². The number of carbonyl (C=O) groups is 1. The van der Waals surface area contributed by atoms with Crippen molar-refractivity contribution in [2.24, 2.45) is 5.92 Å². The largest absolute Gasteiger partial charge is 0.493 e.